The van der Waals surface area contributed by atoms with E-state index in [1.165, 1.54) is 7.11 Å². The molecule has 7 heteroatoms. The van der Waals surface area contributed by atoms with Crippen molar-refractivity contribution >= 4 is 17.8 Å². The Hall–Kier alpha value is -2.41. The van der Waals surface area contributed by atoms with Gasteiger partial charge >= 0.3 is 6.03 Å². The van der Waals surface area contributed by atoms with Crippen molar-refractivity contribution in [3.63, 3.8) is 0 Å². The first-order valence-corrected chi connectivity index (χ1v) is 6.90. The monoisotopic (exact) mass is 305 g/mol. The minimum atomic E-state index is -1.12. The van der Waals surface area contributed by atoms with Crippen LogP contribution in [0.25, 0.3) is 0 Å². The summed E-state index contributed by atoms with van der Waals surface area (Å²) in [6.45, 7) is 1.66. The minimum absolute atomic E-state index is 0.0553. The number of rotatable bonds is 6. The maximum absolute atomic E-state index is 12.2. The van der Waals surface area contributed by atoms with Crippen LogP contribution in [0.1, 0.15) is 12.5 Å². The quantitative estimate of drug-likeness (QED) is 0.738. The van der Waals surface area contributed by atoms with E-state index in [9.17, 15) is 14.4 Å². The van der Waals surface area contributed by atoms with E-state index in [0.29, 0.717) is 6.54 Å². The largest absolute Gasteiger partial charge is 0.382 e. The molecule has 1 saturated heterocycles. The summed E-state index contributed by atoms with van der Waals surface area (Å²) in [7, 11) is 1.44. The van der Waals surface area contributed by atoms with Crippen LogP contribution < -0.4 is 10.6 Å². The van der Waals surface area contributed by atoms with Crippen molar-refractivity contribution in [2.45, 2.75) is 19.0 Å². The lowest BCUT2D eigenvalue weighted by molar-refractivity contribution is -0.135. The predicted octanol–water partition coefficient (Wildman–Crippen LogP) is 0.260. The minimum Gasteiger partial charge on any atom is -0.382 e. The molecule has 0 aliphatic carbocycles. The molecule has 1 aliphatic heterocycles. The number of carbonyl (C=O) groups excluding carboxylic acids is 3. The van der Waals surface area contributed by atoms with Gasteiger partial charge in [-0.2, -0.15) is 0 Å². The van der Waals surface area contributed by atoms with Crippen molar-refractivity contribution in [2.75, 3.05) is 20.3 Å². The van der Waals surface area contributed by atoms with E-state index in [0.717, 1.165) is 10.5 Å². The molecule has 0 saturated carbocycles. The molecule has 2 N–H and O–H groups in total. The van der Waals surface area contributed by atoms with Gasteiger partial charge in [0.1, 0.15) is 12.1 Å². The number of methoxy groups -OCH3 is 1. The Balaban J connectivity index is 1.91. The number of nitrogens with zero attached hydrogens (tertiary/aromatic N) is 1. The zero-order valence-electron chi connectivity index (χ0n) is 12.6. The number of ether oxygens (including phenoxy) is 1. The van der Waals surface area contributed by atoms with Gasteiger partial charge in [0.25, 0.3) is 5.91 Å². The highest BCUT2D eigenvalue weighted by Gasteiger charge is 2.48. The van der Waals surface area contributed by atoms with Gasteiger partial charge in [-0.15, -0.1) is 0 Å². The van der Waals surface area contributed by atoms with Crippen molar-refractivity contribution in [2.24, 2.45) is 0 Å². The molecule has 1 unspecified atom stereocenters. The van der Waals surface area contributed by atoms with Crippen LogP contribution in [-0.4, -0.2) is 48.5 Å². The topological polar surface area (TPSA) is 87.7 Å². The van der Waals surface area contributed by atoms with Gasteiger partial charge in [0, 0.05) is 13.7 Å². The molecule has 0 radical (unpaired) electrons. The molecule has 1 aromatic carbocycles. The van der Waals surface area contributed by atoms with Gasteiger partial charge < -0.3 is 15.4 Å². The number of amides is 4. The second-order valence-corrected chi connectivity index (χ2v) is 5.35. The van der Waals surface area contributed by atoms with Crippen LogP contribution in [0.4, 0.5) is 4.79 Å². The van der Waals surface area contributed by atoms with Crippen LogP contribution in [0.3, 0.4) is 0 Å². The lowest BCUT2D eigenvalue weighted by Gasteiger charge is -2.20. The van der Waals surface area contributed by atoms with Crippen LogP contribution in [-0.2, 0) is 20.9 Å². The van der Waals surface area contributed by atoms with Crippen molar-refractivity contribution < 1.29 is 19.1 Å². The summed E-state index contributed by atoms with van der Waals surface area (Å²) in [4.78, 5) is 36.9. The Kier molecular flexibility index (Phi) is 4.77. The highest BCUT2D eigenvalue weighted by atomic mass is 16.5. The lowest BCUT2D eigenvalue weighted by Crippen LogP contribution is -2.48. The summed E-state index contributed by atoms with van der Waals surface area (Å²) in [6.07, 6.45) is 0. The summed E-state index contributed by atoms with van der Waals surface area (Å²) < 4.78 is 4.94. The molecule has 118 valence electrons. The smallest absolute Gasteiger partial charge is 0.325 e. The molecular weight excluding hydrogens is 286 g/mol. The number of carbonyl (C=O) groups is 3. The summed E-state index contributed by atoms with van der Waals surface area (Å²) in [5.41, 5.74) is -0.178. The average molecular weight is 305 g/mol. The Labute approximate surface area is 128 Å². The summed E-state index contributed by atoms with van der Waals surface area (Å²) in [5, 5.41) is 5.22. The first kappa shape index (κ1) is 16.0. The van der Waals surface area contributed by atoms with E-state index in [4.69, 9.17) is 4.74 Å². The predicted molar refractivity (Wildman–Crippen MR) is 78.8 cm³/mol. The number of benzene rings is 1. The fraction of sp³-hybridized carbons (Fsp3) is 0.400. The van der Waals surface area contributed by atoms with Gasteiger partial charge in [-0.25, -0.2) is 4.79 Å². The molecule has 4 amide bonds. The second-order valence-electron chi connectivity index (χ2n) is 5.35. The molecule has 1 aromatic rings. The van der Waals surface area contributed by atoms with Crippen LogP contribution in [0, 0.1) is 0 Å². The third kappa shape index (κ3) is 3.43. The van der Waals surface area contributed by atoms with Crippen LogP contribution in [0.15, 0.2) is 30.3 Å². The Morgan fingerprint density at radius 2 is 2.00 bits per heavy atom. The molecule has 2 rings (SSSR count). The SMILES string of the molecule is COCC1(C)NC(=O)N(CC(=O)NCc2ccccc2)C1=O. The van der Waals surface area contributed by atoms with E-state index in [1.54, 1.807) is 6.92 Å². The van der Waals surface area contributed by atoms with Gasteiger partial charge in [-0.1, -0.05) is 30.3 Å². The zero-order valence-corrected chi connectivity index (χ0v) is 12.6. The van der Waals surface area contributed by atoms with E-state index in [-0.39, 0.29) is 13.2 Å². The van der Waals surface area contributed by atoms with Gasteiger partial charge in [-0.3, -0.25) is 14.5 Å². The number of nitrogens with one attached hydrogen (secondary N) is 2. The average Bonchev–Trinajstić information content (AvgIpc) is 2.70. The molecule has 0 spiro atoms. The van der Waals surface area contributed by atoms with Gasteiger partial charge in [0.15, 0.2) is 0 Å². The molecule has 22 heavy (non-hydrogen) atoms. The fourth-order valence-corrected chi connectivity index (χ4v) is 2.27. The fourth-order valence-electron chi connectivity index (χ4n) is 2.27. The van der Waals surface area contributed by atoms with Crippen molar-refractivity contribution in [1.82, 2.24) is 15.5 Å². The van der Waals surface area contributed by atoms with E-state index < -0.39 is 23.4 Å². The molecule has 0 bridgehead atoms. The van der Waals surface area contributed by atoms with Crippen molar-refractivity contribution in [3.05, 3.63) is 35.9 Å². The van der Waals surface area contributed by atoms with Gasteiger partial charge in [0.05, 0.1) is 6.61 Å². The molecule has 1 atom stereocenters. The third-order valence-electron chi connectivity index (χ3n) is 3.41. The molecule has 1 aliphatic rings. The number of hydrogen-bond acceptors (Lipinski definition) is 4. The molecule has 1 fully saturated rings. The number of imide groups is 1. The van der Waals surface area contributed by atoms with Crippen LogP contribution in [0.2, 0.25) is 0 Å². The molecule has 0 aromatic heterocycles. The number of urea groups is 1. The molecule has 1 heterocycles. The Morgan fingerprint density at radius 1 is 1.32 bits per heavy atom. The highest BCUT2D eigenvalue weighted by Crippen LogP contribution is 2.17. The standard InChI is InChI=1S/C15H19N3O4/c1-15(10-22-2)13(20)18(14(21)17-15)9-12(19)16-8-11-6-4-3-5-7-11/h3-7H,8-10H2,1-2H3,(H,16,19)(H,17,21). The van der Waals surface area contributed by atoms with E-state index >= 15 is 0 Å². The van der Waals surface area contributed by atoms with E-state index in [1.807, 2.05) is 30.3 Å². The normalized spacial score (nSPS) is 20.9. The molecule has 7 nitrogen and oxygen atoms in total. The maximum Gasteiger partial charge on any atom is 0.325 e. The third-order valence-corrected chi connectivity index (χ3v) is 3.41. The summed E-state index contributed by atoms with van der Waals surface area (Å²) in [5.74, 6) is -0.858. The van der Waals surface area contributed by atoms with Crippen LogP contribution in [0.5, 0.6) is 0 Å². The van der Waals surface area contributed by atoms with Crippen LogP contribution >= 0.6 is 0 Å². The van der Waals surface area contributed by atoms with Gasteiger partial charge in [-0.05, 0) is 12.5 Å². The Bertz CT molecular complexity index is 575. The lowest BCUT2D eigenvalue weighted by atomic mass is 10.0. The Morgan fingerprint density at radius 3 is 2.64 bits per heavy atom. The van der Waals surface area contributed by atoms with E-state index in [2.05, 4.69) is 10.6 Å². The van der Waals surface area contributed by atoms with Crippen molar-refractivity contribution in [3.8, 4) is 0 Å². The summed E-state index contributed by atoms with van der Waals surface area (Å²) >= 11 is 0. The highest BCUT2D eigenvalue weighted by molar-refractivity contribution is 6.08. The number of hydrogen-bond donors (Lipinski definition) is 2. The maximum atomic E-state index is 12.2. The molecular formula is C15H19N3O4. The second kappa shape index (κ2) is 6.57. The van der Waals surface area contributed by atoms with Crippen molar-refractivity contribution in [1.29, 1.82) is 0 Å². The first-order chi connectivity index (χ1) is 10.5. The van der Waals surface area contributed by atoms with Gasteiger partial charge in [0.2, 0.25) is 5.91 Å². The summed E-state index contributed by atoms with van der Waals surface area (Å²) in [6, 6.07) is 8.80. The first-order valence-electron chi connectivity index (χ1n) is 6.90. The zero-order chi connectivity index (χ0) is 16.2.